The highest BCUT2D eigenvalue weighted by Crippen LogP contribution is 2.33. The van der Waals surface area contributed by atoms with Gasteiger partial charge in [-0.05, 0) is 43.4 Å². The molecule has 3 aliphatic rings. The number of hydrogen-bond donors (Lipinski definition) is 3. The van der Waals surface area contributed by atoms with Crippen LogP contribution in [0.1, 0.15) is 36.8 Å². The summed E-state index contributed by atoms with van der Waals surface area (Å²) in [6.07, 6.45) is 9.69. The number of carbonyl (C=O) groups is 2. The molecule has 3 N–H and O–H groups in total. The molecule has 47 heavy (non-hydrogen) atoms. The largest absolute Gasteiger partial charge is 0.447 e. The first-order valence-corrected chi connectivity index (χ1v) is 15.7. The maximum absolute atomic E-state index is 13.7. The van der Waals surface area contributed by atoms with Gasteiger partial charge in [0.15, 0.2) is 5.82 Å². The monoisotopic (exact) mass is 633 g/mol. The molecule has 0 bridgehead atoms. The van der Waals surface area contributed by atoms with Crippen LogP contribution in [0.4, 0.5) is 27.2 Å². The highest BCUT2D eigenvalue weighted by molar-refractivity contribution is 5.91. The summed E-state index contributed by atoms with van der Waals surface area (Å²) in [7, 11) is 1.87. The van der Waals surface area contributed by atoms with Gasteiger partial charge in [0, 0.05) is 62.3 Å². The molecule has 1 aromatic carbocycles. The molecule has 0 atom stereocenters. The number of rotatable bonds is 8. The SMILES string of the molecule is Cn1cc(-c2ccc(N(C(=O)NCc3ccccc3)C3CCC(Nc4ncc(C#N)c(N5CC6(COC(=O)N6)C5)n4)CC3)nc2)cn1. The lowest BCUT2D eigenvalue weighted by atomic mass is 9.90. The zero-order valence-electron chi connectivity index (χ0n) is 26.0. The van der Waals surface area contributed by atoms with Gasteiger partial charge < -0.3 is 25.6 Å². The number of nitrogens with zero attached hydrogens (tertiary/aromatic N) is 8. The molecule has 1 aliphatic carbocycles. The second-order valence-corrected chi connectivity index (χ2v) is 12.4. The fraction of sp³-hybridized carbons (Fsp3) is 0.364. The third-order valence-electron chi connectivity index (χ3n) is 8.96. The lowest BCUT2D eigenvalue weighted by Gasteiger charge is -2.46. The average Bonchev–Trinajstić information content (AvgIpc) is 3.70. The molecule has 2 saturated heterocycles. The summed E-state index contributed by atoms with van der Waals surface area (Å²) in [4.78, 5) is 42.8. The number of cyclic esters (lactones) is 1. The summed E-state index contributed by atoms with van der Waals surface area (Å²) >= 11 is 0. The van der Waals surface area contributed by atoms with Crippen molar-refractivity contribution >= 4 is 29.7 Å². The highest BCUT2D eigenvalue weighted by atomic mass is 16.6. The van der Waals surface area contributed by atoms with Crippen LogP contribution in [-0.4, -0.2) is 74.2 Å². The normalized spacial score (nSPS) is 19.7. The van der Waals surface area contributed by atoms with Crippen molar-refractivity contribution < 1.29 is 14.3 Å². The lowest BCUT2D eigenvalue weighted by Crippen LogP contribution is -2.69. The smallest absolute Gasteiger partial charge is 0.407 e. The van der Waals surface area contributed by atoms with E-state index < -0.39 is 11.6 Å². The molecule has 2 aliphatic heterocycles. The van der Waals surface area contributed by atoms with Crippen LogP contribution in [0.15, 0.2) is 67.3 Å². The predicted octanol–water partition coefficient (Wildman–Crippen LogP) is 3.58. The van der Waals surface area contributed by atoms with Crippen LogP contribution >= 0.6 is 0 Å². The van der Waals surface area contributed by atoms with E-state index in [0.29, 0.717) is 49.4 Å². The molecule has 0 unspecified atom stereocenters. The first-order valence-electron chi connectivity index (χ1n) is 15.7. The van der Waals surface area contributed by atoms with Gasteiger partial charge in [0.25, 0.3) is 0 Å². The summed E-state index contributed by atoms with van der Waals surface area (Å²) in [5, 5.41) is 23.3. The van der Waals surface area contributed by atoms with E-state index in [2.05, 4.69) is 37.1 Å². The first kappa shape index (κ1) is 30.0. The summed E-state index contributed by atoms with van der Waals surface area (Å²) in [5.41, 5.74) is 2.84. The third kappa shape index (κ3) is 6.37. The minimum atomic E-state index is -0.437. The van der Waals surface area contributed by atoms with E-state index in [1.165, 1.54) is 6.20 Å². The Kier molecular flexibility index (Phi) is 8.03. The maximum Gasteiger partial charge on any atom is 0.407 e. The fourth-order valence-corrected chi connectivity index (χ4v) is 6.51. The van der Waals surface area contributed by atoms with E-state index in [1.807, 2.05) is 60.6 Å². The van der Waals surface area contributed by atoms with Gasteiger partial charge in [0.2, 0.25) is 5.95 Å². The van der Waals surface area contributed by atoms with Gasteiger partial charge >= 0.3 is 12.1 Å². The van der Waals surface area contributed by atoms with Crippen LogP contribution in [0, 0.1) is 11.3 Å². The van der Waals surface area contributed by atoms with E-state index in [-0.39, 0.29) is 18.1 Å². The second kappa shape index (κ2) is 12.6. The number of amides is 3. The number of ether oxygens (including phenoxy) is 1. The molecule has 14 heteroatoms. The second-order valence-electron chi connectivity index (χ2n) is 12.4. The Balaban J connectivity index is 1.03. The molecule has 0 radical (unpaired) electrons. The van der Waals surface area contributed by atoms with E-state index in [0.717, 1.165) is 42.4 Å². The van der Waals surface area contributed by atoms with Crippen molar-refractivity contribution in [3.8, 4) is 17.2 Å². The molecule has 240 valence electrons. The van der Waals surface area contributed by atoms with E-state index >= 15 is 0 Å². The molecule has 7 rings (SSSR count). The maximum atomic E-state index is 13.7. The van der Waals surface area contributed by atoms with Gasteiger partial charge in [-0.1, -0.05) is 30.3 Å². The van der Waals surface area contributed by atoms with Gasteiger partial charge in [0.05, 0.1) is 12.4 Å². The Labute approximate surface area is 271 Å². The standard InChI is InChI=1S/C33H35N11O3/c1-42-18-25(17-38-42)23-7-12-28(35-15-23)44(31(45)37-14-22-5-3-2-4-6-22)27-10-8-26(9-11-27)39-30-36-16-24(13-34)29(40-30)43-19-33(20-43)21-47-32(46)41-33/h2-7,12,15-18,26-27H,8-11,14,19-21H2,1H3,(H,37,45)(H,41,46)(H,36,39,40). The van der Waals surface area contributed by atoms with Crippen LogP contribution in [0.2, 0.25) is 0 Å². The number of nitrogens with one attached hydrogen (secondary N) is 3. The van der Waals surface area contributed by atoms with Crippen molar-refractivity contribution in [1.29, 1.82) is 5.26 Å². The molecular formula is C33H35N11O3. The van der Waals surface area contributed by atoms with Crippen molar-refractivity contribution in [3.05, 3.63) is 78.4 Å². The third-order valence-corrected chi connectivity index (χ3v) is 8.96. The van der Waals surface area contributed by atoms with Gasteiger partial charge in [-0.25, -0.2) is 19.6 Å². The Morgan fingerprint density at radius 3 is 2.55 bits per heavy atom. The average molecular weight is 634 g/mol. The zero-order chi connectivity index (χ0) is 32.4. The van der Waals surface area contributed by atoms with E-state index in [4.69, 9.17) is 9.72 Å². The fourth-order valence-electron chi connectivity index (χ4n) is 6.51. The Morgan fingerprint density at radius 2 is 1.89 bits per heavy atom. The minimum Gasteiger partial charge on any atom is -0.447 e. The zero-order valence-corrected chi connectivity index (χ0v) is 26.0. The molecule has 4 aromatic rings. The predicted molar refractivity (Wildman–Crippen MR) is 173 cm³/mol. The van der Waals surface area contributed by atoms with Crippen molar-refractivity contribution in [3.63, 3.8) is 0 Å². The Hall–Kier alpha value is -5.71. The van der Waals surface area contributed by atoms with Crippen LogP contribution < -0.4 is 25.8 Å². The van der Waals surface area contributed by atoms with Crippen molar-refractivity contribution in [2.24, 2.45) is 7.05 Å². The molecular weight excluding hydrogens is 598 g/mol. The number of benzene rings is 1. The number of carbonyl (C=O) groups excluding carboxylic acids is 2. The van der Waals surface area contributed by atoms with Gasteiger partial charge in [-0.15, -0.1) is 0 Å². The van der Waals surface area contributed by atoms with E-state index in [9.17, 15) is 14.9 Å². The van der Waals surface area contributed by atoms with E-state index in [1.54, 1.807) is 22.0 Å². The molecule has 3 aromatic heterocycles. The number of pyridine rings is 1. The number of urea groups is 1. The van der Waals surface area contributed by atoms with Gasteiger partial charge in [-0.2, -0.15) is 15.3 Å². The van der Waals surface area contributed by atoms with Gasteiger partial charge in [0.1, 0.15) is 29.6 Å². The van der Waals surface area contributed by atoms with Crippen LogP contribution in [0.3, 0.4) is 0 Å². The Morgan fingerprint density at radius 1 is 1.09 bits per heavy atom. The number of nitriles is 1. The molecule has 1 spiro atoms. The molecule has 3 amide bonds. The molecule has 5 heterocycles. The number of aryl methyl sites for hydroxylation is 1. The van der Waals surface area contributed by atoms with Crippen LogP contribution in [0.25, 0.3) is 11.1 Å². The molecule has 1 saturated carbocycles. The number of hydrogen-bond acceptors (Lipinski definition) is 10. The first-order chi connectivity index (χ1) is 22.9. The lowest BCUT2D eigenvalue weighted by molar-refractivity contribution is 0.167. The number of alkyl carbamates (subject to hydrolysis) is 1. The highest BCUT2D eigenvalue weighted by Gasteiger charge is 2.50. The summed E-state index contributed by atoms with van der Waals surface area (Å²) in [6, 6.07) is 15.7. The van der Waals surface area contributed by atoms with Crippen molar-refractivity contribution in [2.45, 2.75) is 49.9 Å². The van der Waals surface area contributed by atoms with Crippen LogP contribution in [-0.2, 0) is 18.3 Å². The number of aromatic nitrogens is 5. The van der Waals surface area contributed by atoms with Crippen molar-refractivity contribution in [1.82, 2.24) is 35.4 Å². The van der Waals surface area contributed by atoms with Crippen molar-refractivity contribution in [2.75, 3.05) is 34.8 Å². The summed E-state index contributed by atoms with van der Waals surface area (Å²) in [5.74, 6) is 1.57. The quantitative estimate of drug-likeness (QED) is 0.261. The summed E-state index contributed by atoms with van der Waals surface area (Å²) in [6.45, 7) is 1.73. The number of anilines is 3. The Bertz CT molecular complexity index is 1790. The molecule has 3 fully saturated rings. The van der Waals surface area contributed by atoms with Crippen LogP contribution in [0.5, 0.6) is 0 Å². The molecule has 14 nitrogen and oxygen atoms in total. The van der Waals surface area contributed by atoms with Gasteiger partial charge in [-0.3, -0.25) is 9.58 Å². The summed E-state index contributed by atoms with van der Waals surface area (Å²) < 4.78 is 6.83. The minimum absolute atomic E-state index is 0.0564. The topological polar surface area (TPSA) is 166 Å².